The molecular weight excluding hydrogens is 316 g/mol. The smallest absolute Gasteiger partial charge is 0.280 e. The highest BCUT2D eigenvalue weighted by molar-refractivity contribution is 8.26. The molecule has 4 nitrogen and oxygen atoms in total. The van der Waals surface area contributed by atoms with Gasteiger partial charge in [-0.25, -0.2) is 10.9 Å². The fraction of sp³-hybridized carbons (Fsp3) is 0. The number of benzene rings is 2. The van der Waals surface area contributed by atoms with E-state index in [4.69, 9.17) is 22.8 Å². The Morgan fingerprint density at radius 3 is 2.27 bits per heavy atom. The van der Waals surface area contributed by atoms with Crippen LogP contribution in [0.3, 0.4) is 0 Å². The van der Waals surface area contributed by atoms with Crippen LogP contribution in [0.4, 0.5) is 0 Å². The Kier molecular flexibility index (Phi) is 4.24. The number of carbonyl (C=O) groups is 1. The predicted molar refractivity (Wildman–Crippen MR) is 92.2 cm³/mol. The Morgan fingerprint density at radius 1 is 1.05 bits per heavy atom. The first-order chi connectivity index (χ1) is 10.6. The molecule has 22 heavy (non-hydrogen) atoms. The van der Waals surface area contributed by atoms with Gasteiger partial charge in [-0.2, -0.15) is 0 Å². The first kappa shape index (κ1) is 14.8. The van der Waals surface area contributed by atoms with Crippen LogP contribution in [0.25, 0.3) is 6.08 Å². The first-order valence-corrected chi connectivity index (χ1v) is 7.71. The van der Waals surface area contributed by atoms with Gasteiger partial charge in [0.2, 0.25) is 0 Å². The molecule has 2 aromatic rings. The van der Waals surface area contributed by atoms with Gasteiger partial charge in [-0.05, 0) is 35.9 Å². The fourth-order valence-electron chi connectivity index (χ4n) is 1.89. The van der Waals surface area contributed by atoms with E-state index in [1.165, 1.54) is 11.8 Å². The summed E-state index contributed by atoms with van der Waals surface area (Å²) in [6, 6.07) is 17.0. The molecule has 1 fully saturated rings. The van der Waals surface area contributed by atoms with Crippen molar-refractivity contribution in [2.45, 2.75) is 0 Å². The molecule has 0 atom stereocenters. The van der Waals surface area contributed by atoms with Gasteiger partial charge in [0.15, 0.2) is 4.32 Å². The Labute approximate surface area is 137 Å². The lowest BCUT2D eigenvalue weighted by atomic mass is 10.2. The van der Waals surface area contributed by atoms with Crippen molar-refractivity contribution in [1.82, 2.24) is 5.01 Å². The lowest BCUT2D eigenvalue weighted by molar-refractivity contribution is -0.122. The summed E-state index contributed by atoms with van der Waals surface area (Å²) in [5.41, 5.74) is 0.884. The molecule has 1 aliphatic heterocycles. The van der Waals surface area contributed by atoms with Gasteiger partial charge in [0, 0.05) is 0 Å². The summed E-state index contributed by atoms with van der Waals surface area (Å²) in [6.45, 7) is 0. The molecule has 0 unspecified atom stereocenters. The molecule has 110 valence electrons. The molecule has 3 rings (SSSR count). The summed E-state index contributed by atoms with van der Waals surface area (Å²) in [6.07, 6.45) is 1.76. The highest BCUT2D eigenvalue weighted by atomic mass is 32.2. The van der Waals surface area contributed by atoms with E-state index < -0.39 is 0 Å². The number of amides is 1. The third-order valence-corrected chi connectivity index (χ3v) is 4.31. The van der Waals surface area contributed by atoms with Gasteiger partial charge in [0.05, 0.1) is 4.91 Å². The van der Waals surface area contributed by atoms with Gasteiger partial charge >= 0.3 is 0 Å². The molecule has 0 saturated carbocycles. The molecule has 2 aromatic carbocycles. The minimum Gasteiger partial charge on any atom is -0.457 e. The quantitative estimate of drug-likeness (QED) is 0.404. The van der Waals surface area contributed by atoms with Crippen molar-refractivity contribution >= 4 is 40.3 Å². The minimum atomic E-state index is -0.278. The molecule has 0 aliphatic carbocycles. The van der Waals surface area contributed by atoms with E-state index in [1.54, 1.807) is 6.08 Å². The number of rotatable bonds is 3. The first-order valence-electron chi connectivity index (χ1n) is 6.49. The molecule has 1 amide bonds. The van der Waals surface area contributed by atoms with Crippen molar-refractivity contribution in [2.24, 2.45) is 5.84 Å². The van der Waals surface area contributed by atoms with Crippen LogP contribution in [0.2, 0.25) is 0 Å². The molecule has 1 saturated heterocycles. The zero-order valence-electron chi connectivity index (χ0n) is 11.4. The number of hydrogen-bond donors (Lipinski definition) is 1. The highest BCUT2D eigenvalue weighted by Gasteiger charge is 2.29. The number of nitrogens with zero attached hydrogens (tertiary/aromatic N) is 1. The molecule has 1 aliphatic rings. The SMILES string of the molecule is NN1C(=O)/C(=C/c2ccc(Oc3ccccc3)cc2)SC1=S. The van der Waals surface area contributed by atoms with Crippen molar-refractivity contribution in [3.05, 3.63) is 65.1 Å². The summed E-state index contributed by atoms with van der Waals surface area (Å²) in [5.74, 6) is 6.77. The standard InChI is InChI=1S/C16H12N2O2S2/c17-18-15(19)14(22-16(18)21)10-11-6-8-13(9-7-11)20-12-4-2-1-3-5-12/h1-10H,17H2/b14-10-. The third kappa shape index (κ3) is 3.19. The number of ether oxygens (including phenoxy) is 1. The number of thioether (sulfide) groups is 1. The molecule has 2 N–H and O–H groups in total. The summed E-state index contributed by atoms with van der Waals surface area (Å²) in [7, 11) is 0. The van der Waals surface area contributed by atoms with Crippen molar-refractivity contribution in [3.8, 4) is 11.5 Å². The van der Waals surface area contributed by atoms with Gasteiger partial charge in [-0.1, -0.05) is 54.3 Å². The van der Waals surface area contributed by atoms with Crippen molar-refractivity contribution in [2.75, 3.05) is 0 Å². The fourth-order valence-corrected chi connectivity index (χ4v) is 2.99. The third-order valence-electron chi connectivity index (χ3n) is 2.98. The molecule has 0 radical (unpaired) electrons. The number of carbonyl (C=O) groups excluding carboxylic acids is 1. The van der Waals surface area contributed by atoms with Crippen LogP contribution >= 0.6 is 24.0 Å². The number of hydrazine groups is 1. The predicted octanol–water partition coefficient (Wildman–Crippen LogP) is 3.55. The van der Waals surface area contributed by atoms with E-state index in [-0.39, 0.29) is 5.91 Å². The van der Waals surface area contributed by atoms with Crippen LogP contribution in [-0.2, 0) is 4.79 Å². The van der Waals surface area contributed by atoms with E-state index in [1.807, 2.05) is 54.6 Å². The second kappa shape index (κ2) is 6.31. The van der Waals surface area contributed by atoms with Crippen molar-refractivity contribution < 1.29 is 9.53 Å². The Morgan fingerprint density at radius 2 is 1.68 bits per heavy atom. The van der Waals surface area contributed by atoms with E-state index >= 15 is 0 Å². The van der Waals surface area contributed by atoms with Gasteiger partial charge in [0.1, 0.15) is 11.5 Å². The second-order valence-corrected chi connectivity index (χ2v) is 6.21. The number of nitrogens with two attached hydrogens (primary N) is 1. The number of hydrogen-bond acceptors (Lipinski definition) is 5. The largest absolute Gasteiger partial charge is 0.457 e. The number of thiocarbonyl (C=S) groups is 1. The van der Waals surface area contributed by atoms with Crippen LogP contribution in [0, 0.1) is 0 Å². The lowest BCUT2D eigenvalue weighted by Gasteiger charge is -2.05. The summed E-state index contributed by atoms with van der Waals surface area (Å²) in [5, 5.41) is 0.985. The Balaban J connectivity index is 1.75. The van der Waals surface area contributed by atoms with Crippen LogP contribution in [0.15, 0.2) is 59.5 Å². The van der Waals surface area contributed by atoms with E-state index in [2.05, 4.69) is 0 Å². The maximum absolute atomic E-state index is 11.8. The molecule has 6 heteroatoms. The lowest BCUT2D eigenvalue weighted by Crippen LogP contribution is -2.34. The Bertz CT molecular complexity index is 743. The zero-order valence-corrected chi connectivity index (χ0v) is 13.1. The number of para-hydroxylation sites is 1. The normalized spacial score (nSPS) is 16.4. The van der Waals surface area contributed by atoms with Crippen molar-refractivity contribution in [1.29, 1.82) is 0 Å². The molecular formula is C16H12N2O2S2. The highest BCUT2D eigenvalue weighted by Crippen LogP contribution is 2.31. The maximum Gasteiger partial charge on any atom is 0.280 e. The average Bonchev–Trinajstić information content (AvgIpc) is 2.77. The van der Waals surface area contributed by atoms with Crippen LogP contribution in [0.5, 0.6) is 11.5 Å². The Hall–Kier alpha value is -2.15. The topological polar surface area (TPSA) is 55.6 Å². The van der Waals surface area contributed by atoms with E-state index in [0.717, 1.165) is 22.1 Å². The van der Waals surface area contributed by atoms with Gasteiger partial charge < -0.3 is 4.74 Å². The van der Waals surface area contributed by atoms with Crippen LogP contribution < -0.4 is 10.6 Å². The molecule has 0 bridgehead atoms. The summed E-state index contributed by atoms with van der Waals surface area (Å²) in [4.78, 5) is 12.3. The van der Waals surface area contributed by atoms with Gasteiger partial charge in [-0.15, -0.1) is 0 Å². The monoisotopic (exact) mass is 328 g/mol. The van der Waals surface area contributed by atoms with Crippen LogP contribution in [-0.4, -0.2) is 15.2 Å². The van der Waals surface area contributed by atoms with Crippen molar-refractivity contribution in [3.63, 3.8) is 0 Å². The molecule has 1 heterocycles. The molecule has 0 spiro atoms. The minimum absolute atomic E-state index is 0.278. The van der Waals surface area contributed by atoms with E-state index in [9.17, 15) is 4.79 Å². The second-order valence-electron chi connectivity index (χ2n) is 4.54. The van der Waals surface area contributed by atoms with E-state index in [0.29, 0.717) is 9.23 Å². The van der Waals surface area contributed by atoms with Crippen LogP contribution in [0.1, 0.15) is 5.56 Å². The van der Waals surface area contributed by atoms with Gasteiger partial charge in [-0.3, -0.25) is 4.79 Å². The molecule has 0 aromatic heterocycles. The zero-order chi connectivity index (χ0) is 15.5. The van der Waals surface area contributed by atoms with Gasteiger partial charge in [0.25, 0.3) is 5.91 Å². The maximum atomic E-state index is 11.8. The average molecular weight is 328 g/mol. The summed E-state index contributed by atoms with van der Waals surface area (Å²) < 4.78 is 6.08. The summed E-state index contributed by atoms with van der Waals surface area (Å²) >= 11 is 6.18.